The Hall–Kier alpha value is -3.52. The van der Waals surface area contributed by atoms with E-state index in [0.717, 1.165) is 24.2 Å². The summed E-state index contributed by atoms with van der Waals surface area (Å²) in [6, 6.07) is 11.6. The summed E-state index contributed by atoms with van der Waals surface area (Å²) in [5.41, 5.74) is 6.76. The Morgan fingerprint density at radius 2 is 1.86 bits per heavy atom. The van der Waals surface area contributed by atoms with Gasteiger partial charge in [0.15, 0.2) is 0 Å². The molecule has 8 heteroatoms. The van der Waals surface area contributed by atoms with Crippen molar-refractivity contribution in [2.75, 3.05) is 7.11 Å². The largest absolute Gasteiger partial charge is 0.380 e. The standard InChI is InChI=1S/C21H20N4O4/c1-29-12-13-4-2-5-14(10-13)19(26)23-24-20(27)15-7-8-16-17(11-15)22-18-6-3-9-25(18)21(16)28/h2,4-5,7-8,10-11H,3,6,9,12H2,1H3,(H,23,26)(H,24,27). The van der Waals surface area contributed by atoms with Gasteiger partial charge in [-0.15, -0.1) is 0 Å². The summed E-state index contributed by atoms with van der Waals surface area (Å²) in [6.07, 6.45) is 1.64. The summed E-state index contributed by atoms with van der Waals surface area (Å²) in [5.74, 6) is -0.189. The number of nitrogens with zero attached hydrogens (tertiary/aromatic N) is 2. The lowest BCUT2D eigenvalue weighted by atomic mass is 10.1. The van der Waals surface area contributed by atoms with Gasteiger partial charge in [-0.1, -0.05) is 12.1 Å². The highest BCUT2D eigenvalue weighted by Gasteiger charge is 2.17. The SMILES string of the molecule is COCc1cccc(C(=O)NNC(=O)c2ccc3c(=O)n4c(nc3c2)CCC4)c1. The molecule has 0 fully saturated rings. The molecule has 0 unspecified atom stereocenters. The van der Waals surface area contributed by atoms with Crippen LogP contribution in [0.15, 0.2) is 47.3 Å². The molecule has 0 saturated heterocycles. The van der Waals surface area contributed by atoms with Crippen LogP contribution in [0.25, 0.3) is 10.9 Å². The Kier molecular flexibility index (Phi) is 5.09. The minimum absolute atomic E-state index is 0.0845. The highest BCUT2D eigenvalue weighted by Crippen LogP contribution is 2.16. The van der Waals surface area contributed by atoms with Crippen LogP contribution in [-0.2, 0) is 24.3 Å². The number of nitrogens with one attached hydrogen (secondary N) is 2. The number of benzene rings is 2. The van der Waals surface area contributed by atoms with E-state index in [0.29, 0.717) is 35.2 Å². The predicted octanol–water partition coefficient (Wildman–Crippen LogP) is 1.56. The quantitative estimate of drug-likeness (QED) is 0.656. The Labute approximate surface area is 166 Å². The molecule has 0 spiro atoms. The molecule has 2 amide bonds. The average Bonchev–Trinajstić information content (AvgIpc) is 3.21. The molecule has 0 saturated carbocycles. The zero-order valence-electron chi connectivity index (χ0n) is 15.9. The zero-order chi connectivity index (χ0) is 20.4. The molecule has 8 nitrogen and oxygen atoms in total. The van der Waals surface area contributed by atoms with Crippen LogP contribution in [0.1, 0.15) is 38.5 Å². The third-order valence-electron chi connectivity index (χ3n) is 4.87. The maximum Gasteiger partial charge on any atom is 0.269 e. The van der Waals surface area contributed by atoms with Crippen molar-refractivity contribution in [3.05, 3.63) is 75.3 Å². The topological polar surface area (TPSA) is 102 Å². The molecule has 2 heterocycles. The van der Waals surface area contributed by atoms with Gasteiger partial charge in [-0.2, -0.15) is 0 Å². The van der Waals surface area contributed by atoms with Crippen LogP contribution in [0.3, 0.4) is 0 Å². The second-order valence-corrected chi connectivity index (χ2v) is 6.86. The molecular weight excluding hydrogens is 372 g/mol. The van der Waals surface area contributed by atoms with Crippen LogP contribution in [0.5, 0.6) is 0 Å². The van der Waals surface area contributed by atoms with Crippen LogP contribution >= 0.6 is 0 Å². The van der Waals surface area contributed by atoms with Gasteiger partial charge in [0.2, 0.25) is 0 Å². The Morgan fingerprint density at radius 3 is 2.62 bits per heavy atom. The van der Waals surface area contributed by atoms with Gasteiger partial charge in [-0.05, 0) is 42.3 Å². The van der Waals surface area contributed by atoms with Crippen molar-refractivity contribution < 1.29 is 14.3 Å². The molecule has 29 heavy (non-hydrogen) atoms. The molecule has 0 radical (unpaired) electrons. The monoisotopic (exact) mass is 392 g/mol. The lowest BCUT2D eigenvalue weighted by molar-refractivity contribution is 0.0846. The molecule has 3 aromatic rings. The van der Waals surface area contributed by atoms with Gasteiger partial charge in [0, 0.05) is 31.2 Å². The number of carbonyl (C=O) groups is 2. The van der Waals surface area contributed by atoms with Crippen molar-refractivity contribution in [1.29, 1.82) is 0 Å². The van der Waals surface area contributed by atoms with E-state index < -0.39 is 11.8 Å². The van der Waals surface area contributed by atoms with Crippen LogP contribution < -0.4 is 16.4 Å². The Morgan fingerprint density at radius 1 is 1.10 bits per heavy atom. The fraction of sp³-hybridized carbons (Fsp3) is 0.238. The van der Waals surface area contributed by atoms with Crippen molar-refractivity contribution >= 4 is 22.7 Å². The molecule has 0 bridgehead atoms. The summed E-state index contributed by atoms with van der Waals surface area (Å²) in [6.45, 7) is 1.07. The van der Waals surface area contributed by atoms with Crippen LogP contribution in [-0.4, -0.2) is 28.5 Å². The Bertz CT molecular complexity index is 1170. The van der Waals surface area contributed by atoms with Gasteiger partial charge in [-0.3, -0.25) is 29.8 Å². The van der Waals surface area contributed by atoms with Crippen molar-refractivity contribution in [3.8, 4) is 0 Å². The minimum atomic E-state index is -0.490. The molecule has 1 aliphatic rings. The molecule has 1 aliphatic heterocycles. The summed E-state index contributed by atoms with van der Waals surface area (Å²) >= 11 is 0. The van der Waals surface area contributed by atoms with Gasteiger partial charge in [0.25, 0.3) is 17.4 Å². The normalized spacial score (nSPS) is 12.6. The van der Waals surface area contributed by atoms with Gasteiger partial charge in [-0.25, -0.2) is 4.98 Å². The number of hydrogen-bond acceptors (Lipinski definition) is 5. The van der Waals surface area contributed by atoms with E-state index >= 15 is 0 Å². The van der Waals surface area contributed by atoms with E-state index in [2.05, 4.69) is 15.8 Å². The predicted molar refractivity (Wildman–Crippen MR) is 106 cm³/mol. The first-order valence-electron chi connectivity index (χ1n) is 9.29. The number of ether oxygens (including phenoxy) is 1. The maximum absolute atomic E-state index is 12.5. The van der Waals surface area contributed by atoms with E-state index in [1.54, 1.807) is 48.1 Å². The molecule has 0 atom stereocenters. The van der Waals surface area contributed by atoms with E-state index in [1.165, 1.54) is 0 Å². The van der Waals surface area contributed by atoms with E-state index in [9.17, 15) is 14.4 Å². The third kappa shape index (κ3) is 3.74. The lowest BCUT2D eigenvalue weighted by Crippen LogP contribution is -2.41. The smallest absolute Gasteiger partial charge is 0.269 e. The second-order valence-electron chi connectivity index (χ2n) is 6.86. The highest BCUT2D eigenvalue weighted by molar-refractivity contribution is 6.00. The number of carbonyl (C=O) groups excluding carboxylic acids is 2. The number of hydrogen-bond donors (Lipinski definition) is 2. The summed E-state index contributed by atoms with van der Waals surface area (Å²) in [5, 5.41) is 0.478. The van der Waals surface area contributed by atoms with Crippen LogP contribution in [0, 0.1) is 0 Å². The molecule has 4 rings (SSSR count). The van der Waals surface area contributed by atoms with Crippen molar-refractivity contribution in [2.45, 2.75) is 26.0 Å². The first kappa shape index (κ1) is 18.8. The molecule has 2 N–H and O–H groups in total. The molecule has 1 aromatic heterocycles. The summed E-state index contributed by atoms with van der Waals surface area (Å²) in [7, 11) is 1.58. The first-order valence-corrected chi connectivity index (χ1v) is 9.29. The molecule has 148 valence electrons. The highest BCUT2D eigenvalue weighted by atomic mass is 16.5. The number of aryl methyl sites for hydroxylation is 1. The number of methoxy groups -OCH3 is 1. The summed E-state index contributed by atoms with van der Waals surface area (Å²) < 4.78 is 6.74. The van der Waals surface area contributed by atoms with Gasteiger partial charge in [0.1, 0.15) is 5.82 Å². The lowest BCUT2D eigenvalue weighted by Gasteiger charge is -2.10. The molecule has 2 aromatic carbocycles. The number of rotatable bonds is 4. The van der Waals surface area contributed by atoms with Crippen LogP contribution in [0.4, 0.5) is 0 Å². The Balaban J connectivity index is 1.49. The molecule has 0 aliphatic carbocycles. The number of aromatic nitrogens is 2. The number of hydrazine groups is 1. The van der Waals surface area contributed by atoms with Gasteiger partial charge < -0.3 is 4.74 Å². The minimum Gasteiger partial charge on any atom is -0.380 e. The third-order valence-corrected chi connectivity index (χ3v) is 4.87. The van der Waals surface area contributed by atoms with Crippen molar-refractivity contribution in [1.82, 2.24) is 20.4 Å². The van der Waals surface area contributed by atoms with Gasteiger partial charge >= 0.3 is 0 Å². The number of fused-ring (bicyclic) bond motifs is 2. The summed E-state index contributed by atoms with van der Waals surface area (Å²) in [4.78, 5) is 41.8. The van der Waals surface area contributed by atoms with E-state index in [-0.39, 0.29) is 5.56 Å². The molecular formula is C21H20N4O4. The second kappa shape index (κ2) is 7.84. The van der Waals surface area contributed by atoms with Crippen LogP contribution in [0.2, 0.25) is 0 Å². The fourth-order valence-corrected chi connectivity index (χ4v) is 3.45. The van der Waals surface area contributed by atoms with E-state index in [4.69, 9.17) is 4.74 Å². The first-order chi connectivity index (χ1) is 14.1. The van der Waals surface area contributed by atoms with Gasteiger partial charge in [0.05, 0.1) is 17.5 Å². The fourth-order valence-electron chi connectivity index (χ4n) is 3.45. The number of amides is 2. The average molecular weight is 392 g/mol. The van der Waals surface area contributed by atoms with Crippen molar-refractivity contribution in [3.63, 3.8) is 0 Å². The zero-order valence-corrected chi connectivity index (χ0v) is 15.9. The van der Waals surface area contributed by atoms with Crippen molar-refractivity contribution in [2.24, 2.45) is 0 Å². The maximum atomic E-state index is 12.5. The van der Waals surface area contributed by atoms with E-state index in [1.807, 2.05) is 6.07 Å².